The molecule has 0 radical (unpaired) electrons. The predicted octanol–water partition coefficient (Wildman–Crippen LogP) is 3.34. The third-order valence-electron chi connectivity index (χ3n) is 4.21. The normalized spacial score (nSPS) is 10.8. The van der Waals surface area contributed by atoms with E-state index in [1.807, 2.05) is 0 Å². The first-order valence-corrected chi connectivity index (χ1v) is 8.47. The zero-order chi connectivity index (χ0) is 21.1. The van der Waals surface area contributed by atoms with Crippen molar-refractivity contribution in [3.05, 3.63) is 69.8 Å². The van der Waals surface area contributed by atoms with Crippen LogP contribution in [-0.2, 0) is 4.74 Å². The van der Waals surface area contributed by atoms with Crippen LogP contribution in [0.1, 0.15) is 27.9 Å². The Morgan fingerprint density at radius 1 is 1.10 bits per heavy atom. The van der Waals surface area contributed by atoms with E-state index in [9.17, 15) is 18.4 Å². The number of rotatable bonds is 5. The first-order chi connectivity index (χ1) is 13.8. The highest BCUT2D eigenvalue weighted by Crippen LogP contribution is 2.36. The van der Waals surface area contributed by atoms with Crippen LogP contribution in [-0.4, -0.2) is 35.0 Å². The molecule has 0 aliphatic carbocycles. The van der Waals surface area contributed by atoms with Gasteiger partial charge in [0.1, 0.15) is 5.75 Å². The van der Waals surface area contributed by atoms with E-state index in [0.29, 0.717) is 5.56 Å². The van der Waals surface area contributed by atoms with Gasteiger partial charge in [-0.25, -0.2) is 18.6 Å². The van der Waals surface area contributed by atoms with E-state index in [4.69, 9.17) is 9.47 Å². The Hall–Kier alpha value is -3.62. The van der Waals surface area contributed by atoms with Crippen molar-refractivity contribution in [2.45, 2.75) is 13.3 Å². The highest BCUT2D eigenvalue weighted by Gasteiger charge is 2.21. The lowest BCUT2D eigenvalue weighted by atomic mass is 9.98. The molecule has 0 atom stereocenters. The first-order valence-electron chi connectivity index (χ1n) is 8.47. The fourth-order valence-corrected chi connectivity index (χ4v) is 2.80. The molecular weight excluding hydrogens is 384 g/mol. The van der Waals surface area contributed by atoms with E-state index in [2.05, 4.69) is 10.1 Å². The van der Waals surface area contributed by atoms with Crippen molar-refractivity contribution in [2.24, 2.45) is 0 Å². The summed E-state index contributed by atoms with van der Waals surface area (Å²) in [5, 5.41) is 4.04. The van der Waals surface area contributed by atoms with Crippen molar-refractivity contribution >= 4 is 5.97 Å². The van der Waals surface area contributed by atoms with Gasteiger partial charge in [0.15, 0.2) is 5.82 Å². The summed E-state index contributed by atoms with van der Waals surface area (Å²) in [6.07, 6.45) is -0.0302. The van der Waals surface area contributed by atoms with E-state index in [0.717, 1.165) is 4.68 Å². The Bertz CT molecular complexity index is 1130. The summed E-state index contributed by atoms with van der Waals surface area (Å²) in [7, 11) is 2.58. The van der Waals surface area contributed by atoms with Crippen LogP contribution in [0.2, 0.25) is 0 Å². The van der Waals surface area contributed by atoms with Gasteiger partial charge >= 0.3 is 5.97 Å². The van der Waals surface area contributed by atoms with Crippen LogP contribution in [0.4, 0.5) is 8.78 Å². The Kier molecular flexibility index (Phi) is 5.67. The SMILES string of the molecule is COC(=O)c1cnc(-n2ncc(C)cc2=O)cc1-c1cc(C(F)F)ccc1OC. The van der Waals surface area contributed by atoms with Crippen molar-refractivity contribution < 1.29 is 23.0 Å². The minimum absolute atomic E-state index is 0.0288. The Labute approximate surface area is 164 Å². The Morgan fingerprint density at radius 2 is 1.86 bits per heavy atom. The number of pyridine rings is 1. The summed E-state index contributed by atoms with van der Waals surface area (Å²) in [6, 6.07) is 6.62. The van der Waals surface area contributed by atoms with Gasteiger partial charge in [-0.15, -0.1) is 0 Å². The molecule has 9 heteroatoms. The average molecular weight is 401 g/mol. The maximum absolute atomic E-state index is 13.3. The summed E-state index contributed by atoms with van der Waals surface area (Å²) in [4.78, 5) is 28.6. The number of ether oxygens (including phenoxy) is 2. The number of carbonyl (C=O) groups excluding carboxylic acids is 1. The second kappa shape index (κ2) is 8.17. The predicted molar refractivity (Wildman–Crippen MR) is 101 cm³/mol. The van der Waals surface area contributed by atoms with Gasteiger partial charge in [-0.1, -0.05) is 0 Å². The molecule has 0 saturated heterocycles. The molecule has 0 aliphatic heterocycles. The molecule has 2 heterocycles. The molecule has 0 spiro atoms. The number of alkyl halides is 2. The van der Waals surface area contributed by atoms with Crippen LogP contribution < -0.4 is 10.3 Å². The van der Waals surface area contributed by atoms with Crippen LogP contribution in [0.5, 0.6) is 5.75 Å². The van der Waals surface area contributed by atoms with Crippen LogP contribution >= 0.6 is 0 Å². The first kappa shape index (κ1) is 20.1. The maximum Gasteiger partial charge on any atom is 0.340 e. The monoisotopic (exact) mass is 401 g/mol. The molecule has 7 nitrogen and oxygen atoms in total. The summed E-state index contributed by atoms with van der Waals surface area (Å²) in [5.74, 6) is -0.337. The Balaban J connectivity index is 2.30. The van der Waals surface area contributed by atoms with Crippen LogP contribution in [0, 0.1) is 6.92 Å². The summed E-state index contributed by atoms with van der Waals surface area (Å²) < 4.78 is 37.6. The molecule has 3 rings (SSSR count). The molecule has 0 saturated carbocycles. The van der Waals surface area contributed by atoms with E-state index in [1.165, 1.54) is 56.9 Å². The highest BCUT2D eigenvalue weighted by molar-refractivity contribution is 5.98. The lowest BCUT2D eigenvalue weighted by Crippen LogP contribution is -2.21. The number of carbonyl (C=O) groups is 1. The molecule has 29 heavy (non-hydrogen) atoms. The van der Waals surface area contributed by atoms with Gasteiger partial charge in [-0.2, -0.15) is 9.78 Å². The zero-order valence-electron chi connectivity index (χ0n) is 15.8. The second-order valence-electron chi connectivity index (χ2n) is 6.12. The number of hydrogen-bond acceptors (Lipinski definition) is 6. The van der Waals surface area contributed by atoms with Crippen molar-refractivity contribution in [1.82, 2.24) is 14.8 Å². The van der Waals surface area contributed by atoms with E-state index < -0.39 is 18.0 Å². The van der Waals surface area contributed by atoms with Crippen LogP contribution in [0.3, 0.4) is 0 Å². The molecule has 0 unspecified atom stereocenters. The van der Waals surface area contributed by atoms with Crippen LogP contribution in [0.15, 0.2) is 47.5 Å². The average Bonchev–Trinajstić information content (AvgIpc) is 2.72. The molecule has 2 aromatic heterocycles. The summed E-state index contributed by atoms with van der Waals surface area (Å²) in [5.41, 5.74) is 0.471. The minimum atomic E-state index is -2.72. The standard InChI is InChI=1S/C20H17F2N3O4/c1-11-6-18(26)25(24-9-11)17-8-13(15(10-23-17)20(27)29-3)14-7-12(19(21)22)4-5-16(14)28-2/h4-10,19H,1-3H3. The summed E-state index contributed by atoms with van der Waals surface area (Å²) in [6.45, 7) is 1.72. The molecule has 150 valence electrons. The van der Waals surface area contributed by atoms with Crippen molar-refractivity contribution in [2.75, 3.05) is 14.2 Å². The third kappa shape index (κ3) is 3.98. The number of hydrogen-bond donors (Lipinski definition) is 0. The van der Waals surface area contributed by atoms with E-state index in [1.54, 1.807) is 6.92 Å². The van der Waals surface area contributed by atoms with Crippen molar-refractivity contribution in [3.63, 3.8) is 0 Å². The van der Waals surface area contributed by atoms with Crippen LogP contribution in [0.25, 0.3) is 16.9 Å². The number of methoxy groups -OCH3 is 2. The lowest BCUT2D eigenvalue weighted by Gasteiger charge is -2.15. The van der Waals surface area contributed by atoms with Gasteiger partial charge in [0.25, 0.3) is 12.0 Å². The topological polar surface area (TPSA) is 83.3 Å². The quantitative estimate of drug-likeness (QED) is 0.610. The molecule has 0 aliphatic rings. The molecule has 0 fully saturated rings. The number of aryl methyl sites for hydroxylation is 1. The zero-order valence-corrected chi connectivity index (χ0v) is 15.8. The Morgan fingerprint density at radius 3 is 2.48 bits per heavy atom. The molecule has 0 N–H and O–H groups in total. The number of esters is 1. The largest absolute Gasteiger partial charge is 0.496 e. The number of aromatic nitrogens is 3. The molecule has 0 bridgehead atoms. The van der Waals surface area contributed by atoms with E-state index >= 15 is 0 Å². The van der Waals surface area contributed by atoms with Crippen molar-refractivity contribution in [3.8, 4) is 22.7 Å². The number of halogens is 2. The summed E-state index contributed by atoms with van der Waals surface area (Å²) >= 11 is 0. The van der Waals surface area contributed by atoms with Gasteiger partial charge in [-0.05, 0) is 36.8 Å². The second-order valence-corrected chi connectivity index (χ2v) is 6.12. The van der Waals surface area contributed by atoms with Gasteiger partial charge in [-0.3, -0.25) is 4.79 Å². The number of benzene rings is 1. The van der Waals surface area contributed by atoms with Gasteiger partial charge in [0.05, 0.1) is 26.0 Å². The third-order valence-corrected chi connectivity index (χ3v) is 4.21. The molecule has 0 amide bonds. The fourth-order valence-electron chi connectivity index (χ4n) is 2.80. The number of nitrogens with zero attached hydrogens (tertiary/aromatic N) is 3. The smallest absolute Gasteiger partial charge is 0.340 e. The molecular formula is C20H17F2N3O4. The lowest BCUT2D eigenvalue weighted by molar-refractivity contribution is 0.0601. The highest BCUT2D eigenvalue weighted by atomic mass is 19.3. The fraction of sp³-hybridized carbons (Fsp3) is 0.200. The van der Waals surface area contributed by atoms with Gasteiger partial charge < -0.3 is 9.47 Å². The maximum atomic E-state index is 13.3. The van der Waals surface area contributed by atoms with Gasteiger partial charge in [0, 0.05) is 29.0 Å². The van der Waals surface area contributed by atoms with Crippen molar-refractivity contribution in [1.29, 1.82) is 0 Å². The minimum Gasteiger partial charge on any atom is -0.496 e. The molecule has 1 aromatic carbocycles. The van der Waals surface area contributed by atoms with E-state index in [-0.39, 0.29) is 33.8 Å². The van der Waals surface area contributed by atoms with Gasteiger partial charge in [0.2, 0.25) is 0 Å². The molecule has 3 aromatic rings.